The second-order valence-corrected chi connectivity index (χ2v) is 8.24. The average molecular weight is 598 g/mol. The van der Waals surface area contributed by atoms with E-state index in [0.717, 1.165) is 29.4 Å². The summed E-state index contributed by atoms with van der Waals surface area (Å²) in [5, 5.41) is 0. The topological polar surface area (TPSA) is 52.6 Å². The summed E-state index contributed by atoms with van der Waals surface area (Å²) in [6.45, 7) is 0. The Labute approximate surface area is 190 Å². The van der Waals surface area contributed by atoms with Crippen LogP contribution in [0.1, 0.15) is 20.7 Å². The van der Waals surface area contributed by atoms with Crippen LogP contribution in [0.5, 0.6) is 0 Å². The molecule has 0 amide bonds. The van der Waals surface area contributed by atoms with Gasteiger partial charge < -0.3 is 9.47 Å². The van der Waals surface area contributed by atoms with Crippen molar-refractivity contribution in [3.63, 3.8) is 0 Å². The minimum Gasteiger partial charge on any atom is -0.465 e. The van der Waals surface area contributed by atoms with E-state index in [2.05, 4.69) is 57.3 Å². The van der Waals surface area contributed by atoms with Gasteiger partial charge in [0.1, 0.15) is 0 Å². The smallest absolute Gasteiger partial charge is 0.337 e. The summed E-state index contributed by atoms with van der Waals surface area (Å²) >= 11 is 4.63. The van der Waals surface area contributed by atoms with Crippen LogP contribution in [0.15, 0.2) is 60.7 Å². The molecule has 0 aliphatic heterocycles. The van der Waals surface area contributed by atoms with E-state index in [1.54, 1.807) is 24.3 Å². The summed E-state index contributed by atoms with van der Waals surface area (Å²) in [7, 11) is 2.74. The molecular weight excluding hydrogens is 582 g/mol. The van der Waals surface area contributed by atoms with Crippen LogP contribution in [0.4, 0.5) is 0 Å². The third kappa shape index (κ3) is 4.22. The number of carbonyl (C=O) groups excluding carboxylic acids is 2. The zero-order valence-electron chi connectivity index (χ0n) is 15.2. The van der Waals surface area contributed by atoms with Gasteiger partial charge in [0.25, 0.3) is 0 Å². The van der Waals surface area contributed by atoms with Gasteiger partial charge in [0.15, 0.2) is 0 Å². The first-order valence-electron chi connectivity index (χ1n) is 8.31. The van der Waals surface area contributed by atoms with Crippen molar-refractivity contribution >= 4 is 57.1 Å². The Morgan fingerprint density at radius 2 is 0.929 bits per heavy atom. The summed E-state index contributed by atoms with van der Waals surface area (Å²) < 4.78 is 11.7. The lowest BCUT2D eigenvalue weighted by Crippen LogP contribution is -2.01. The van der Waals surface area contributed by atoms with Crippen LogP contribution in [-0.2, 0) is 9.47 Å². The van der Waals surface area contributed by atoms with Gasteiger partial charge >= 0.3 is 11.9 Å². The fourth-order valence-corrected chi connectivity index (χ4v) is 4.42. The summed E-state index contributed by atoms with van der Waals surface area (Å²) in [6, 6.07) is 18.9. The van der Waals surface area contributed by atoms with E-state index in [9.17, 15) is 9.59 Å². The molecule has 0 saturated carbocycles. The predicted molar refractivity (Wildman–Crippen MR) is 125 cm³/mol. The molecule has 0 heterocycles. The predicted octanol–water partition coefficient (Wildman–Crippen LogP) is 5.80. The molecule has 0 aromatic heterocycles. The average Bonchev–Trinajstić information content (AvgIpc) is 2.74. The summed E-state index contributed by atoms with van der Waals surface area (Å²) in [5.74, 6) is -0.718. The van der Waals surface area contributed by atoms with E-state index in [-0.39, 0.29) is 11.9 Å². The van der Waals surface area contributed by atoms with Gasteiger partial charge in [0.05, 0.1) is 25.3 Å². The Morgan fingerprint density at radius 3 is 1.21 bits per heavy atom. The van der Waals surface area contributed by atoms with Crippen LogP contribution in [0.2, 0.25) is 0 Å². The first kappa shape index (κ1) is 20.8. The molecule has 0 aliphatic rings. The number of halogens is 2. The fraction of sp³-hybridized carbons (Fsp3) is 0.0909. The third-order valence-corrected chi connectivity index (χ3v) is 6.09. The molecule has 3 aromatic rings. The SMILES string of the molecule is COC(=O)c1ccc(-c2c(I)ccc(I)c2-c2ccc(C(=O)OC)cc2)cc1. The standard InChI is InChI=1S/C22H16I2O4/c1-27-21(25)15-7-3-13(4-8-15)19-17(23)11-12-18(24)20(19)14-5-9-16(10-6-14)22(26)28-2/h3-12H,1-2H3. The van der Waals surface area contributed by atoms with E-state index in [4.69, 9.17) is 9.47 Å². The van der Waals surface area contributed by atoms with Crippen molar-refractivity contribution in [2.75, 3.05) is 14.2 Å². The van der Waals surface area contributed by atoms with Gasteiger partial charge in [-0.2, -0.15) is 0 Å². The van der Waals surface area contributed by atoms with Crippen LogP contribution >= 0.6 is 45.2 Å². The lowest BCUT2D eigenvalue weighted by atomic mass is 9.93. The maximum absolute atomic E-state index is 11.7. The molecule has 0 bridgehead atoms. The molecule has 28 heavy (non-hydrogen) atoms. The highest BCUT2D eigenvalue weighted by Crippen LogP contribution is 2.39. The molecule has 0 spiro atoms. The first-order valence-corrected chi connectivity index (χ1v) is 10.5. The second kappa shape index (κ2) is 9.04. The van der Waals surface area contributed by atoms with Crippen molar-refractivity contribution in [3.8, 4) is 22.3 Å². The Kier molecular flexibility index (Phi) is 6.71. The zero-order valence-corrected chi connectivity index (χ0v) is 19.5. The van der Waals surface area contributed by atoms with Gasteiger partial charge in [-0.15, -0.1) is 0 Å². The van der Waals surface area contributed by atoms with Gasteiger partial charge in [0.2, 0.25) is 0 Å². The molecule has 0 atom stereocenters. The second-order valence-electron chi connectivity index (χ2n) is 5.92. The maximum Gasteiger partial charge on any atom is 0.337 e. The van der Waals surface area contributed by atoms with E-state index in [1.165, 1.54) is 14.2 Å². The normalized spacial score (nSPS) is 10.4. The summed E-state index contributed by atoms with van der Waals surface area (Å²) in [5.41, 5.74) is 5.18. The maximum atomic E-state index is 11.7. The van der Waals surface area contributed by atoms with Crippen LogP contribution in [0.3, 0.4) is 0 Å². The fourth-order valence-electron chi connectivity index (χ4n) is 2.90. The van der Waals surface area contributed by atoms with Gasteiger partial charge in [-0.3, -0.25) is 0 Å². The monoisotopic (exact) mass is 598 g/mol. The molecule has 6 heteroatoms. The molecule has 0 aliphatic carbocycles. The molecule has 142 valence electrons. The van der Waals surface area contributed by atoms with Crippen molar-refractivity contribution < 1.29 is 19.1 Å². The number of hydrogen-bond donors (Lipinski definition) is 0. The molecule has 0 radical (unpaired) electrons. The molecular formula is C22H16I2O4. The largest absolute Gasteiger partial charge is 0.465 e. The van der Waals surface area contributed by atoms with Crippen molar-refractivity contribution in [3.05, 3.63) is 78.9 Å². The molecule has 0 saturated heterocycles. The van der Waals surface area contributed by atoms with Gasteiger partial charge in [-0.05, 0) is 92.7 Å². The highest BCUT2D eigenvalue weighted by molar-refractivity contribution is 14.1. The highest BCUT2D eigenvalue weighted by Gasteiger charge is 2.16. The van der Waals surface area contributed by atoms with Gasteiger partial charge in [0, 0.05) is 18.3 Å². The summed E-state index contributed by atoms with van der Waals surface area (Å²) in [4.78, 5) is 23.4. The molecule has 0 unspecified atom stereocenters. The minimum atomic E-state index is -0.359. The number of ether oxygens (including phenoxy) is 2. The van der Waals surface area contributed by atoms with Crippen LogP contribution < -0.4 is 0 Å². The lowest BCUT2D eigenvalue weighted by Gasteiger charge is -2.15. The number of carbonyl (C=O) groups is 2. The van der Waals surface area contributed by atoms with Crippen LogP contribution in [0, 0.1) is 7.14 Å². The van der Waals surface area contributed by atoms with Crippen molar-refractivity contribution in [1.82, 2.24) is 0 Å². The number of rotatable bonds is 4. The number of hydrogen-bond acceptors (Lipinski definition) is 4. The first-order chi connectivity index (χ1) is 13.5. The number of benzene rings is 3. The van der Waals surface area contributed by atoms with Crippen LogP contribution in [-0.4, -0.2) is 26.2 Å². The van der Waals surface area contributed by atoms with E-state index < -0.39 is 0 Å². The number of esters is 2. The molecule has 4 nitrogen and oxygen atoms in total. The van der Waals surface area contributed by atoms with Gasteiger partial charge in [-0.25, -0.2) is 9.59 Å². The quantitative estimate of drug-likeness (QED) is 0.282. The number of methoxy groups -OCH3 is 2. The molecule has 0 N–H and O–H groups in total. The Bertz CT molecular complexity index is 941. The minimum absolute atomic E-state index is 0.359. The van der Waals surface area contributed by atoms with Crippen LogP contribution in [0.25, 0.3) is 22.3 Å². The van der Waals surface area contributed by atoms with Crippen molar-refractivity contribution in [2.45, 2.75) is 0 Å². The van der Waals surface area contributed by atoms with E-state index >= 15 is 0 Å². The molecule has 3 rings (SSSR count). The highest BCUT2D eigenvalue weighted by atomic mass is 127. The lowest BCUT2D eigenvalue weighted by molar-refractivity contribution is 0.0592. The zero-order chi connectivity index (χ0) is 20.3. The Hall–Kier alpha value is -1.94. The van der Waals surface area contributed by atoms with Crippen molar-refractivity contribution in [2.24, 2.45) is 0 Å². The van der Waals surface area contributed by atoms with E-state index in [0.29, 0.717) is 11.1 Å². The van der Waals surface area contributed by atoms with Gasteiger partial charge in [-0.1, -0.05) is 24.3 Å². The summed E-state index contributed by atoms with van der Waals surface area (Å²) in [6.07, 6.45) is 0. The molecule has 3 aromatic carbocycles. The van der Waals surface area contributed by atoms with Crippen molar-refractivity contribution in [1.29, 1.82) is 0 Å². The Morgan fingerprint density at radius 1 is 0.607 bits per heavy atom. The molecule has 0 fully saturated rings. The third-order valence-electron chi connectivity index (χ3n) is 4.29. The Balaban J connectivity index is 2.12. The van der Waals surface area contributed by atoms with E-state index in [1.807, 2.05) is 24.3 Å².